The third-order valence-corrected chi connectivity index (χ3v) is 8.73. The van der Waals surface area contributed by atoms with Gasteiger partial charge < -0.3 is 32.5 Å². The molecule has 8 N–H and O–H groups in total. The Morgan fingerprint density at radius 1 is 0.783 bits per heavy atom. The molecule has 3 aromatic carbocycles. The Labute approximate surface area is 270 Å². The highest BCUT2D eigenvalue weighted by Crippen LogP contribution is 2.26. The molecule has 46 heavy (non-hydrogen) atoms. The average molecular weight is 628 g/mol. The molecule has 1 aliphatic carbocycles. The van der Waals surface area contributed by atoms with Crippen molar-refractivity contribution in [2.75, 3.05) is 0 Å². The second-order valence-corrected chi connectivity index (χ2v) is 12.3. The van der Waals surface area contributed by atoms with Gasteiger partial charge in [-0.15, -0.1) is 0 Å². The zero-order valence-corrected chi connectivity index (χ0v) is 26.5. The Balaban J connectivity index is 1.46. The topological polar surface area (TPSA) is 177 Å². The first-order valence-corrected chi connectivity index (χ1v) is 15.8. The monoisotopic (exact) mass is 627 g/mol. The van der Waals surface area contributed by atoms with E-state index in [0.29, 0.717) is 12.8 Å². The highest BCUT2D eigenvalue weighted by Gasteiger charge is 2.35. The number of carbonyl (C=O) groups is 4. The van der Waals surface area contributed by atoms with Gasteiger partial charge in [0.1, 0.15) is 17.8 Å². The van der Waals surface area contributed by atoms with Crippen LogP contribution in [-0.2, 0) is 38.4 Å². The van der Waals surface area contributed by atoms with Crippen LogP contribution >= 0.6 is 0 Å². The van der Waals surface area contributed by atoms with Crippen molar-refractivity contribution in [3.8, 4) is 5.75 Å². The van der Waals surface area contributed by atoms with Crippen molar-refractivity contribution in [3.63, 3.8) is 0 Å². The molecular weight excluding hydrogens is 582 g/mol. The molecule has 1 aliphatic rings. The maximum atomic E-state index is 13.8. The number of nitrogens with one attached hydrogen (secondary N) is 3. The fourth-order valence-corrected chi connectivity index (χ4v) is 6.20. The lowest BCUT2D eigenvalue weighted by Gasteiger charge is -2.33. The van der Waals surface area contributed by atoms with Gasteiger partial charge in [0.15, 0.2) is 0 Å². The Morgan fingerprint density at radius 2 is 1.33 bits per heavy atom. The van der Waals surface area contributed by atoms with Crippen LogP contribution in [0, 0.1) is 19.8 Å². The van der Waals surface area contributed by atoms with Crippen molar-refractivity contribution < 1.29 is 24.3 Å². The Morgan fingerprint density at radius 3 is 1.89 bits per heavy atom. The van der Waals surface area contributed by atoms with Crippen LogP contribution in [-0.4, -0.2) is 52.9 Å². The van der Waals surface area contributed by atoms with Gasteiger partial charge in [-0.05, 0) is 73.1 Å². The molecule has 0 saturated heterocycles. The highest BCUT2D eigenvalue weighted by atomic mass is 16.3. The number of hydrogen-bond acceptors (Lipinski definition) is 6. The summed E-state index contributed by atoms with van der Waals surface area (Å²) < 4.78 is 0. The van der Waals surface area contributed by atoms with Crippen molar-refractivity contribution in [1.82, 2.24) is 16.0 Å². The second kappa shape index (κ2) is 16.0. The first-order valence-electron chi connectivity index (χ1n) is 15.8. The molecule has 4 amide bonds. The zero-order valence-electron chi connectivity index (χ0n) is 26.5. The molecule has 0 spiro atoms. The summed E-state index contributed by atoms with van der Waals surface area (Å²) in [6.45, 7) is 3.73. The van der Waals surface area contributed by atoms with E-state index in [1.165, 1.54) is 0 Å². The maximum absolute atomic E-state index is 13.8. The molecule has 0 heterocycles. The predicted octanol–water partition coefficient (Wildman–Crippen LogP) is 2.49. The third-order valence-electron chi connectivity index (χ3n) is 8.73. The Hall–Kier alpha value is -4.70. The van der Waals surface area contributed by atoms with Gasteiger partial charge in [0.25, 0.3) is 0 Å². The summed E-state index contributed by atoms with van der Waals surface area (Å²) in [5, 5.41) is 18.6. The fraction of sp³-hybridized carbons (Fsp3) is 0.389. The summed E-state index contributed by atoms with van der Waals surface area (Å²) in [5.41, 5.74) is 16.3. The largest absolute Gasteiger partial charge is 0.508 e. The molecule has 0 radical (unpaired) electrons. The number of amides is 4. The molecule has 244 valence electrons. The van der Waals surface area contributed by atoms with E-state index in [1.807, 2.05) is 74.5 Å². The SMILES string of the molecule is Cc1cc(O)cc(C)c1C[C@H](N)C(=O)N[C@@H]1CCCC[C@@H]1C(=O)N[C@@H](Cc1ccccc1)C(=O)N[C@@H](Cc1ccccc1)C(N)=O. The molecule has 4 rings (SSSR count). The lowest BCUT2D eigenvalue weighted by Crippen LogP contribution is -2.57. The normalized spacial score (nSPS) is 18.1. The summed E-state index contributed by atoms with van der Waals surface area (Å²) in [6, 6.07) is 18.6. The number of primary amides is 1. The molecule has 10 nitrogen and oxygen atoms in total. The van der Waals surface area contributed by atoms with Crippen LogP contribution in [0.25, 0.3) is 0 Å². The average Bonchev–Trinajstić information content (AvgIpc) is 3.03. The van der Waals surface area contributed by atoms with Crippen molar-refractivity contribution in [2.45, 2.75) is 83.0 Å². The molecular formula is C36H45N5O5. The van der Waals surface area contributed by atoms with Crippen LogP contribution in [0.5, 0.6) is 5.75 Å². The van der Waals surface area contributed by atoms with Gasteiger partial charge in [-0.3, -0.25) is 19.2 Å². The van der Waals surface area contributed by atoms with E-state index < -0.39 is 41.9 Å². The smallest absolute Gasteiger partial charge is 0.243 e. The minimum Gasteiger partial charge on any atom is -0.508 e. The van der Waals surface area contributed by atoms with E-state index >= 15 is 0 Å². The maximum Gasteiger partial charge on any atom is 0.243 e. The number of rotatable bonds is 13. The van der Waals surface area contributed by atoms with E-state index in [9.17, 15) is 24.3 Å². The van der Waals surface area contributed by atoms with Crippen LogP contribution in [0.15, 0.2) is 72.8 Å². The van der Waals surface area contributed by atoms with Gasteiger partial charge in [0, 0.05) is 18.9 Å². The molecule has 0 aromatic heterocycles. The summed E-state index contributed by atoms with van der Waals surface area (Å²) in [5.74, 6) is -2.31. The van der Waals surface area contributed by atoms with Crippen molar-refractivity contribution in [3.05, 3.63) is 101 Å². The van der Waals surface area contributed by atoms with Crippen molar-refractivity contribution in [1.29, 1.82) is 0 Å². The van der Waals surface area contributed by atoms with Gasteiger partial charge in [-0.2, -0.15) is 0 Å². The molecule has 0 bridgehead atoms. The van der Waals surface area contributed by atoms with Crippen molar-refractivity contribution in [2.24, 2.45) is 17.4 Å². The van der Waals surface area contributed by atoms with Crippen LogP contribution in [0.3, 0.4) is 0 Å². The van der Waals surface area contributed by atoms with Crippen LogP contribution < -0.4 is 27.4 Å². The minimum atomic E-state index is -0.978. The summed E-state index contributed by atoms with van der Waals surface area (Å²) in [4.78, 5) is 53.0. The van der Waals surface area contributed by atoms with E-state index in [-0.39, 0.29) is 36.8 Å². The first-order chi connectivity index (χ1) is 22.0. The van der Waals surface area contributed by atoms with Gasteiger partial charge in [0.2, 0.25) is 23.6 Å². The molecule has 0 unspecified atom stereocenters. The second-order valence-electron chi connectivity index (χ2n) is 12.3. The molecule has 0 aliphatic heterocycles. The number of carbonyl (C=O) groups excluding carboxylic acids is 4. The predicted molar refractivity (Wildman–Crippen MR) is 176 cm³/mol. The zero-order chi connectivity index (χ0) is 33.2. The summed E-state index contributed by atoms with van der Waals surface area (Å²) in [6.07, 6.45) is 3.50. The number of nitrogens with two attached hydrogens (primary N) is 2. The van der Waals surface area contributed by atoms with E-state index in [1.54, 1.807) is 12.1 Å². The Kier molecular flexibility index (Phi) is 11.9. The lowest BCUT2D eigenvalue weighted by atomic mass is 9.83. The van der Waals surface area contributed by atoms with E-state index in [0.717, 1.165) is 40.7 Å². The number of aromatic hydroxyl groups is 1. The number of hydrogen-bond donors (Lipinski definition) is 6. The van der Waals surface area contributed by atoms with Gasteiger partial charge >= 0.3 is 0 Å². The van der Waals surface area contributed by atoms with Gasteiger partial charge in [-0.1, -0.05) is 73.5 Å². The van der Waals surface area contributed by atoms with Crippen molar-refractivity contribution >= 4 is 23.6 Å². The van der Waals surface area contributed by atoms with Gasteiger partial charge in [0.05, 0.1) is 12.0 Å². The number of aryl methyl sites for hydroxylation is 2. The molecule has 5 atom stereocenters. The van der Waals surface area contributed by atoms with Crippen LogP contribution in [0.2, 0.25) is 0 Å². The van der Waals surface area contributed by atoms with Crippen LogP contribution in [0.4, 0.5) is 0 Å². The molecule has 10 heteroatoms. The minimum absolute atomic E-state index is 0.161. The summed E-state index contributed by atoms with van der Waals surface area (Å²) in [7, 11) is 0. The van der Waals surface area contributed by atoms with E-state index in [4.69, 9.17) is 11.5 Å². The molecule has 3 aromatic rings. The highest BCUT2D eigenvalue weighted by molar-refractivity contribution is 5.93. The number of benzene rings is 3. The van der Waals surface area contributed by atoms with Crippen LogP contribution in [0.1, 0.15) is 53.5 Å². The molecule has 1 saturated carbocycles. The molecule has 1 fully saturated rings. The fourth-order valence-electron chi connectivity index (χ4n) is 6.20. The standard InChI is InChI=1S/C36H45N5O5/c1-22-17-26(42)18-23(2)28(22)21-29(37)35(45)39-30-16-10-9-15-27(30)34(44)41-32(20-25-13-7-4-8-14-25)36(46)40-31(33(38)43)19-24-11-5-3-6-12-24/h3-8,11-14,17-18,27,29-32,42H,9-10,15-16,19-21,37H2,1-2H3,(H2,38,43)(H,39,45)(H,40,46)(H,41,44)/t27-,29-,30+,31-,32-/m0/s1. The number of phenolic OH excluding ortho intramolecular Hbond substituents is 1. The Bertz CT molecular complexity index is 1490. The quantitative estimate of drug-likeness (QED) is 0.170. The third kappa shape index (κ3) is 9.40. The lowest BCUT2D eigenvalue weighted by molar-refractivity contribution is -0.134. The van der Waals surface area contributed by atoms with E-state index in [2.05, 4.69) is 16.0 Å². The van der Waals surface area contributed by atoms with Gasteiger partial charge in [-0.25, -0.2) is 0 Å². The summed E-state index contributed by atoms with van der Waals surface area (Å²) >= 11 is 0. The first kappa shape index (κ1) is 34.2. The number of phenols is 1.